The summed E-state index contributed by atoms with van der Waals surface area (Å²) in [5.74, 6) is -1.64. The number of esters is 1. The molecule has 0 heterocycles. The van der Waals surface area contributed by atoms with Gasteiger partial charge in [-0.15, -0.1) is 0 Å². The molecule has 0 radical (unpaired) electrons. The summed E-state index contributed by atoms with van der Waals surface area (Å²) in [7, 11) is 0. The normalized spacial score (nSPS) is 9.93. The van der Waals surface area contributed by atoms with Gasteiger partial charge in [-0.3, -0.25) is 0 Å². The van der Waals surface area contributed by atoms with Gasteiger partial charge >= 0.3 is 5.97 Å². The first-order valence-electron chi connectivity index (χ1n) is 3.98. The maximum atomic E-state index is 13.3. The monoisotopic (exact) mass is 217 g/mol. The van der Waals surface area contributed by atoms with Gasteiger partial charge in [-0.2, -0.15) is 0 Å². The number of rotatable bonds is 2. The molecule has 0 unspecified atom stereocenters. The lowest BCUT2D eigenvalue weighted by atomic mass is 10.2. The van der Waals surface area contributed by atoms with E-state index in [0.29, 0.717) is 0 Å². The molecule has 0 aromatic heterocycles. The number of carbonyl (C=O) groups excluding carboxylic acids is 1. The van der Waals surface area contributed by atoms with E-state index in [2.05, 4.69) is 4.74 Å². The Morgan fingerprint density at radius 2 is 2.29 bits per heavy atom. The van der Waals surface area contributed by atoms with Gasteiger partial charge in [-0.1, -0.05) is 11.6 Å². The summed E-state index contributed by atoms with van der Waals surface area (Å²) in [4.78, 5) is 11.2. The van der Waals surface area contributed by atoms with Crippen LogP contribution in [0.15, 0.2) is 12.1 Å². The third-order valence-corrected chi connectivity index (χ3v) is 1.92. The molecule has 1 aromatic carbocycles. The molecule has 3 nitrogen and oxygen atoms in total. The quantitative estimate of drug-likeness (QED) is 0.611. The van der Waals surface area contributed by atoms with Crippen LogP contribution in [-0.4, -0.2) is 12.6 Å². The summed E-state index contributed by atoms with van der Waals surface area (Å²) in [5.41, 5.74) is 4.84. The molecular weight excluding hydrogens is 209 g/mol. The Bertz CT molecular complexity index is 368. The van der Waals surface area contributed by atoms with E-state index in [1.165, 1.54) is 12.1 Å². The summed E-state index contributed by atoms with van der Waals surface area (Å²) in [6.07, 6.45) is 0. The van der Waals surface area contributed by atoms with Crippen molar-refractivity contribution in [2.24, 2.45) is 0 Å². The predicted molar refractivity (Wildman–Crippen MR) is 51.8 cm³/mol. The molecule has 0 fully saturated rings. The number of nitrogens with two attached hydrogens (primary N) is 1. The van der Waals surface area contributed by atoms with Gasteiger partial charge in [0.15, 0.2) is 5.82 Å². The predicted octanol–water partition coefficient (Wildman–Crippen LogP) is 2.24. The smallest absolute Gasteiger partial charge is 0.342 e. The van der Waals surface area contributed by atoms with Gasteiger partial charge in [-0.05, 0) is 19.1 Å². The second-order valence-corrected chi connectivity index (χ2v) is 2.95. The number of ether oxygens (including phenoxy) is 1. The minimum absolute atomic E-state index is 0.00449. The van der Waals surface area contributed by atoms with Crippen LogP contribution in [0.2, 0.25) is 5.02 Å². The maximum absolute atomic E-state index is 13.3. The molecule has 5 heteroatoms. The van der Waals surface area contributed by atoms with Gasteiger partial charge in [0.25, 0.3) is 0 Å². The molecule has 0 aliphatic carbocycles. The third kappa shape index (κ3) is 1.96. The van der Waals surface area contributed by atoms with Crippen molar-refractivity contribution in [1.82, 2.24) is 0 Å². The standard InChI is InChI=1S/C9H9ClFNO2/c1-2-14-9(13)7-5(10)3-4-6(12)8(7)11/h3-4H,2,12H2,1H3. The van der Waals surface area contributed by atoms with E-state index < -0.39 is 11.8 Å². The fraction of sp³-hybridized carbons (Fsp3) is 0.222. The summed E-state index contributed by atoms with van der Waals surface area (Å²) >= 11 is 5.64. The average Bonchev–Trinajstić information content (AvgIpc) is 2.13. The molecule has 1 rings (SSSR count). The highest BCUT2D eigenvalue weighted by Gasteiger charge is 2.18. The molecule has 0 saturated heterocycles. The SMILES string of the molecule is CCOC(=O)c1c(Cl)ccc(N)c1F. The molecule has 76 valence electrons. The van der Waals surface area contributed by atoms with E-state index in [4.69, 9.17) is 17.3 Å². The highest BCUT2D eigenvalue weighted by molar-refractivity contribution is 6.33. The van der Waals surface area contributed by atoms with Gasteiger partial charge in [0.2, 0.25) is 0 Å². The topological polar surface area (TPSA) is 52.3 Å². The first-order chi connectivity index (χ1) is 6.57. The molecule has 14 heavy (non-hydrogen) atoms. The average molecular weight is 218 g/mol. The summed E-state index contributed by atoms with van der Waals surface area (Å²) in [6, 6.07) is 2.65. The van der Waals surface area contributed by atoms with Crippen molar-refractivity contribution in [3.63, 3.8) is 0 Å². The Balaban J connectivity index is 3.18. The second-order valence-electron chi connectivity index (χ2n) is 2.55. The Morgan fingerprint density at radius 1 is 1.64 bits per heavy atom. The highest BCUT2D eigenvalue weighted by atomic mass is 35.5. The van der Waals surface area contributed by atoms with E-state index >= 15 is 0 Å². The van der Waals surface area contributed by atoms with E-state index in [9.17, 15) is 9.18 Å². The number of nitrogen functional groups attached to an aromatic ring is 1. The zero-order chi connectivity index (χ0) is 10.7. The fourth-order valence-corrected chi connectivity index (χ4v) is 1.18. The molecule has 0 aliphatic rings. The minimum atomic E-state index is -0.837. The van der Waals surface area contributed by atoms with Crippen LogP contribution in [0.4, 0.5) is 10.1 Å². The second kappa shape index (κ2) is 4.28. The molecule has 0 amide bonds. The number of hydrogen-bond acceptors (Lipinski definition) is 3. The van der Waals surface area contributed by atoms with Crippen LogP contribution in [0, 0.1) is 5.82 Å². The molecule has 0 atom stereocenters. The summed E-state index contributed by atoms with van der Waals surface area (Å²) in [6.45, 7) is 1.78. The lowest BCUT2D eigenvalue weighted by molar-refractivity contribution is 0.0521. The van der Waals surface area contributed by atoms with Crippen molar-refractivity contribution >= 4 is 23.3 Å². The molecule has 0 spiro atoms. The van der Waals surface area contributed by atoms with Gasteiger partial charge < -0.3 is 10.5 Å². The Kier molecular flexibility index (Phi) is 3.30. The minimum Gasteiger partial charge on any atom is -0.462 e. The van der Waals surface area contributed by atoms with Crippen molar-refractivity contribution in [3.8, 4) is 0 Å². The number of carbonyl (C=O) groups is 1. The van der Waals surface area contributed by atoms with Crippen LogP contribution >= 0.6 is 11.6 Å². The number of halogens is 2. The lowest BCUT2D eigenvalue weighted by Crippen LogP contribution is -2.09. The van der Waals surface area contributed by atoms with Gasteiger partial charge in [-0.25, -0.2) is 9.18 Å². The lowest BCUT2D eigenvalue weighted by Gasteiger charge is -2.06. The van der Waals surface area contributed by atoms with E-state index in [0.717, 1.165) is 0 Å². The Hall–Kier alpha value is -1.29. The van der Waals surface area contributed by atoms with Crippen LogP contribution in [0.1, 0.15) is 17.3 Å². The zero-order valence-corrected chi connectivity index (χ0v) is 8.27. The first kappa shape index (κ1) is 10.8. The van der Waals surface area contributed by atoms with Crippen molar-refractivity contribution in [2.45, 2.75) is 6.92 Å². The number of anilines is 1. The van der Waals surface area contributed by atoms with E-state index in [1.807, 2.05) is 0 Å². The molecule has 0 bridgehead atoms. The van der Waals surface area contributed by atoms with Crippen LogP contribution in [-0.2, 0) is 4.74 Å². The first-order valence-corrected chi connectivity index (χ1v) is 4.36. The third-order valence-electron chi connectivity index (χ3n) is 1.60. The maximum Gasteiger partial charge on any atom is 0.342 e. The van der Waals surface area contributed by atoms with Crippen LogP contribution in [0.25, 0.3) is 0 Å². The molecule has 1 aromatic rings. The van der Waals surface area contributed by atoms with Crippen LogP contribution < -0.4 is 5.73 Å². The zero-order valence-electron chi connectivity index (χ0n) is 7.51. The van der Waals surface area contributed by atoms with E-state index in [-0.39, 0.29) is 22.9 Å². The molecule has 0 saturated carbocycles. The van der Waals surface area contributed by atoms with Gasteiger partial charge in [0.1, 0.15) is 5.56 Å². The largest absolute Gasteiger partial charge is 0.462 e. The van der Waals surface area contributed by atoms with E-state index in [1.54, 1.807) is 6.92 Å². The van der Waals surface area contributed by atoms with Crippen molar-refractivity contribution in [2.75, 3.05) is 12.3 Å². The molecule has 0 aliphatic heterocycles. The van der Waals surface area contributed by atoms with Crippen molar-refractivity contribution in [3.05, 3.63) is 28.5 Å². The fourth-order valence-electron chi connectivity index (χ4n) is 0.959. The van der Waals surface area contributed by atoms with Gasteiger partial charge in [0, 0.05) is 0 Å². The van der Waals surface area contributed by atoms with Gasteiger partial charge in [0.05, 0.1) is 17.3 Å². The number of hydrogen-bond donors (Lipinski definition) is 1. The van der Waals surface area contributed by atoms with Crippen molar-refractivity contribution in [1.29, 1.82) is 0 Å². The Morgan fingerprint density at radius 3 is 2.86 bits per heavy atom. The van der Waals surface area contributed by atoms with Crippen LogP contribution in [0.5, 0.6) is 0 Å². The van der Waals surface area contributed by atoms with Crippen LogP contribution in [0.3, 0.4) is 0 Å². The molecular formula is C9H9ClFNO2. The Labute approximate surface area is 85.6 Å². The summed E-state index contributed by atoms with van der Waals surface area (Å²) < 4.78 is 18.0. The summed E-state index contributed by atoms with van der Waals surface area (Å²) in [5, 5.41) is -0.00449. The molecule has 2 N–H and O–H groups in total. The number of benzene rings is 1. The highest BCUT2D eigenvalue weighted by Crippen LogP contribution is 2.24. The van der Waals surface area contributed by atoms with Crippen molar-refractivity contribution < 1.29 is 13.9 Å².